The number of aromatic nitrogens is 2. The number of fused-ring (bicyclic) bond motifs is 1. The monoisotopic (exact) mass is 592 g/mol. The Bertz CT molecular complexity index is 1840. The third-order valence-electron chi connectivity index (χ3n) is 8.10. The molecular formula is C34H31FN5O2S+. The molecular weight excluding hydrogens is 561 g/mol. The normalized spacial score (nSPS) is 18.8. The highest BCUT2D eigenvalue weighted by Gasteiger charge is 2.45. The molecule has 9 heteroatoms. The van der Waals surface area contributed by atoms with Crippen LogP contribution in [-0.2, 0) is 36.1 Å². The minimum atomic E-state index is -4.07. The van der Waals surface area contributed by atoms with Gasteiger partial charge in [0, 0.05) is 23.7 Å². The van der Waals surface area contributed by atoms with Gasteiger partial charge in [-0.15, -0.1) is 0 Å². The minimum Gasteiger partial charge on any atom is -0.344 e. The summed E-state index contributed by atoms with van der Waals surface area (Å²) >= 11 is 0. The molecule has 0 aliphatic carbocycles. The van der Waals surface area contributed by atoms with Crippen molar-refractivity contribution in [1.29, 1.82) is 5.26 Å². The smallest absolute Gasteiger partial charge is 0.243 e. The molecule has 1 unspecified atom stereocenters. The number of quaternary nitrogens is 1. The molecule has 5 aromatic rings. The van der Waals surface area contributed by atoms with E-state index in [1.807, 2.05) is 54.6 Å². The zero-order chi connectivity index (χ0) is 29.9. The number of rotatable bonds is 8. The topological polar surface area (TPSA) is 89.8 Å². The van der Waals surface area contributed by atoms with E-state index in [1.54, 1.807) is 29.0 Å². The highest BCUT2D eigenvalue weighted by atomic mass is 32.2. The maximum Gasteiger partial charge on any atom is 0.243 e. The second-order valence-corrected chi connectivity index (χ2v) is 12.9. The van der Waals surface area contributed by atoms with Crippen molar-refractivity contribution in [3.05, 3.63) is 149 Å². The van der Waals surface area contributed by atoms with E-state index in [4.69, 9.17) is 0 Å². The molecule has 1 aliphatic heterocycles. The lowest BCUT2D eigenvalue weighted by atomic mass is 10.0. The number of hydrogen-bond donors (Lipinski definition) is 1. The van der Waals surface area contributed by atoms with Crippen LogP contribution < -0.4 is 4.48 Å². The van der Waals surface area contributed by atoms with Crippen LogP contribution in [0, 0.1) is 17.1 Å². The Morgan fingerprint density at radius 2 is 1.63 bits per heavy atom. The van der Waals surface area contributed by atoms with Gasteiger partial charge in [-0.25, -0.2) is 17.8 Å². The molecule has 0 spiro atoms. The van der Waals surface area contributed by atoms with Gasteiger partial charge in [-0.2, -0.15) is 9.57 Å². The predicted octanol–water partition coefficient (Wildman–Crippen LogP) is 5.94. The van der Waals surface area contributed by atoms with Gasteiger partial charge in [-0.1, -0.05) is 60.7 Å². The van der Waals surface area contributed by atoms with E-state index >= 15 is 0 Å². The van der Waals surface area contributed by atoms with Crippen molar-refractivity contribution in [3.8, 4) is 6.07 Å². The van der Waals surface area contributed by atoms with Crippen LogP contribution >= 0.6 is 0 Å². The number of H-pyrrole nitrogens is 1. The number of nitrogens with zero attached hydrogens (tertiary/aromatic N) is 4. The van der Waals surface area contributed by atoms with Gasteiger partial charge in [0.1, 0.15) is 31.1 Å². The first kappa shape index (κ1) is 28.5. The molecule has 1 aromatic heterocycles. The van der Waals surface area contributed by atoms with E-state index in [-0.39, 0.29) is 11.4 Å². The molecule has 6 rings (SSSR count). The Morgan fingerprint density at radius 1 is 0.930 bits per heavy atom. The van der Waals surface area contributed by atoms with E-state index in [0.29, 0.717) is 36.1 Å². The summed E-state index contributed by atoms with van der Waals surface area (Å²) in [6.07, 6.45) is 3.93. The SMILES string of the molecule is N#Cc1ccc2c(c1)CN(S(=O)(=O)c1ccc(F)cc1)C(Cc1ccccc1)C[N@@+]2(Cc1ccccc1)Cc1cnc[nH]1. The summed E-state index contributed by atoms with van der Waals surface area (Å²) < 4.78 is 44.7. The standard InChI is InChI=1S/C34H31FN5O2S/c35-30-12-14-33(15-13-30)43(41,42)39-21-29-17-28(19-36)11-16-34(29)40(23-31-20-37-25-38-31,22-27-9-5-2-6-10-27)24-32(39)18-26-7-3-1-4-8-26/h1-17,20,25,32H,18,21-24H2,(H,37,38)/q+1/t32?,40-/m1/s1. The molecule has 0 radical (unpaired) electrons. The summed E-state index contributed by atoms with van der Waals surface area (Å²) in [4.78, 5) is 7.56. The Kier molecular flexibility index (Phi) is 7.91. The van der Waals surface area contributed by atoms with Gasteiger partial charge in [0.15, 0.2) is 0 Å². The van der Waals surface area contributed by atoms with Crippen molar-refractivity contribution in [2.45, 2.75) is 37.0 Å². The molecule has 4 aromatic carbocycles. The highest BCUT2D eigenvalue weighted by Crippen LogP contribution is 2.40. The molecule has 2 atom stereocenters. The Hall–Kier alpha value is -4.62. The van der Waals surface area contributed by atoms with Crippen molar-refractivity contribution >= 4 is 15.7 Å². The lowest BCUT2D eigenvalue weighted by Gasteiger charge is -2.40. The highest BCUT2D eigenvalue weighted by molar-refractivity contribution is 7.89. The zero-order valence-electron chi connectivity index (χ0n) is 23.5. The van der Waals surface area contributed by atoms with Gasteiger partial charge >= 0.3 is 0 Å². The summed E-state index contributed by atoms with van der Waals surface area (Å²) in [5.74, 6) is -0.502. The fourth-order valence-electron chi connectivity index (χ4n) is 6.20. The van der Waals surface area contributed by atoms with Crippen LogP contribution in [0.5, 0.6) is 0 Å². The number of nitriles is 1. The number of hydrogen-bond acceptors (Lipinski definition) is 4. The van der Waals surface area contributed by atoms with Crippen LogP contribution in [0.3, 0.4) is 0 Å². The number of halogens is 1. The van der Waals surface area contributed by atoms with E-state index in [1.165, 1.54) is 24.3 Å². The van der Waals surface area contributed by atoms with Crippen molar-refractivity contribution in [1.82, 2.24) is 18.8 Å². The molecule has 7 nitrogen and oxygen atoms in total. The summed E-state index contributed by atoms with van der Waals surface area (Å²) in [6.45, 7) is 1.64. The molecule has 0 saturated heterocycles. The summed E-state index contributed by atoms with van der Waals surface area (Å²) in [6, 6.07) is 32.4. The second kappa shape index (κ2) is 11.9. The first-order valence-corrected chi connectivity index (χ1v) is 15.5. The van der Waals surface area contributed by atoms with Gasteiger partial charge in [0.2, 0.25) is 10.0 Å². The molecule has 0 bridgehead atoms. The lowest BCUT2D eigenvalue weighted by Crippen LogP contribution is -2.55. The third-order valence-corrected chi connectivity index (χ3v) is 10.0. The van der Waals surface area contributed by atoms with Crippen LogP contribution in [0.4, 0.5) is 10.1 Å². The largest absolute Gasteiger partial charge is 0.344 e. The fourth-order valence-corrected chi connectivity index (χ4v) is 7.79. The Labute approximate surface area is 251 Å². The molecule has 0 fully saturated rings. The number of imidazole rings is 1. The number of sulfonamides is 1. The molecule has 43 heavy (non-hydrogen) atoms. The van der Waals surface area contributed by atoms with Crippen LogP contribution in [0.25, 0.3) is 0 Å². The average Bonchev–Trinajstić information content (AvgIpc) is 3.49. The lowest BCUT2D eigenvalue weighted by molar-refractivity contribution is 0.196. The Balaban J connectivity index is 1.57. The fraction of sp³-hybridized carbons (Fsp3) is 0.176. The third kappa shape index (κ3) is 5.99. The first-order chi connectivity index (χ1) is 20.9. The molecule has 0 amide bonds. The van der Waals surface area contributed by atoms with Crippen LogP contribution in [0.2, 0.25) is 0 Å². The summed E-state index contributed by atoms with van der Waals surface area (Å²) in [7, 11) is -4.07. The van der Waals surface area contributed by atoms with Crippen LogP contribution in [-0.4, -0.2) is 35.3 Å². The summed E-state index contributed by atoms with van der Waals surface area (Å²) in [5.41, 5.74) is 5.20. The second-order valence-electron chi connectivity index (χ2n) is 11.0. The van der Waals surface area contributed by atoms with E-state index in [9.17, 15) is 18.1 Å². The van der Waals surface area contributed by atoms with Crippen molar-refractivity contribution < 1.29 is 12.8 Å². The quantitative estimate of drug-likeness (QED) is 0.226. The minimum absolute atomic E-state index is 0.0292. The molecule has 1 aliphatic rings. The predicted molar refractivity (Wildman–Crippen MR) is 163 cm³/mol. The van der Waals surface area contributed by atoms with Gasteiger partial charge in [0.25, 0.3) is 0 Å². The van der Waals surface area contributed by atoms with Gasteiger partial charge in [-0.3, -0.25) is 4.48 Å². The molecule has 1 N–H and O–H groups in total. The number of benzene rings is 4. The number of aromatic amines is 1. The summed E-state index contributed by atoms with van der Waals surface area (Å²) in [5, 5.41) is 9.82. The number of nitrogens with one attached hydrogen (secondary N) is 1. The van der Waals surface area contributed by atoms with Crippen molar-refractivity contribution in [2.24, 2.45) is 0 Å². The van der Waals surface area contributed by atoms with E-state index < -0.39 is 21.9 Å². The van der Waals surface area contributed by atoms with Crippen LogP contribution in [0.15, 0.2) is 121 Å². The maximum atomic E-state index is 14.4. The first-order valence-electron chi connectivity index (χ1n) is 14.1. The molecule has 2 heterocycles. The van der Waals surface area contributed by atoms with Crippen molar-refractivity contribution in [2.75, 3.05) is 6.54 Å². The molecule has 216 valence electrons. The average molecular weight is 593 g/mol. The maximum absolute atomic E-state index is 14.4. The zero-order valence-corrected chi connectivity index (χ0v) is 24.3. The van der Waals surface area contributed by atoms with Gasteiger partial charge in [0.05, 0.1) is 40.8 Å². The van der Waals surface area contributed by atoms with Crippen molar-refractivity contribution in [3.63, 3.8) is 0 Å². The van der Waals surface area contributed by atoms with Gasteiger partial charge in [-0.05, 0) is 48.4 Å². The van der Waals surface area contributed by atoms with E-state index in [2.05, 4.69) is 28.2 Å². The van der Waals surface area contributed by atoms with Gasteiger partial charge < -0.3 is 4.98 Å². The van der Waals surface area contributed by atoms with Crippen LogP contribution in [0.1, 0.15) is 27.9 Å². The van der Waals surface area contributed by atoms with E-state index in [0.717, 1.165) is 28.1 Å². The molecule has 0 saturated carbocycles. The Morgan fingerprint density at radius 3 is 2.28 bits per heavy atom.